The molecule has 3 aromatic carbocycles. The summed E-state index contributed by atoms with van der Waals surface area (Å²) in [6, 6.07) is 13.5. The first-order chi connectivity index (χ1) is 33.5. The number of pyridine rings is 1. The molecule has 20 heteroatoms. The standard InChI is InChI=1S/C27H32F2N8.C23H25F3N4O3/c1-5-35-8-10-36(11-9-35)16-19-6-7-24(30-14-19)33-27-31-15-22(29)25(34-27)20-12-21(28)26-23(13-20)37(17(2)3)18(4)32-26;1-12(14-6-15(23(24,25)26)8-16(27)7-14)28-22-18-9-21(33-17-4-5-32-11-17)20(31-3)10-19(18)29-13(2)30-22/h6-7,12-15,17H,5,8-11,16H2,1-4H3,(H,30,31,33,34);6-10,12,17H,4-5,11,27H2,1-3H3,(H,28,29,30). The number of methoxy groups -OCH3 is 1. The highest BCUT2D eigenvalue weighted by molar-refractivity contribution is 5.92. The number of rotatable bonds is 13. The summed E-state index contributed by atoms with van der Waals surface area (Å²) in [7, 11) is 1.55. The minimum absolute atomic E-state index is 0.00954. The number of aromatic nitrogens is 7. The Balaban J connectivity index is 0.000000190. The van der Waals surface area contributed by atoms with E-state index in [9.17, 15) is 22.0 Å². The fourth-order valence-corrected chi connectivity index (χ4v) is 8.69. The van der Waals surface area contributed by atoms with Crippen LogP contribution in [0.25, 0.3) is 33.2 Å². The molecular formula is C50H57F5N12O3. The van der Waals surface area contributed by atoms with Gasteiger partial charge < -0.3 is 40.0 Å². The molecular weight excluding hydrogens is 912 g/mol. The van der Waals surface area contributed by atoms with Crippen molar-refractivity contribution in [1.82, 2.24) is 44.3 Å². The Bertz CT molecular complexity index is 2960. The van der Waals surface area contributed by atoms with Crippen LogP contribution in [0, 0.1) is 25.5 Å². The number of anilines is 4. The van der Waals surface area contributed by atoms with Crippen LogP contribution in [0.4, 0.5) is 45.2 Å². The Kier molecular flexibility index (Phi) is 14.9. The Morgan fingerprint density at radius 1 is 0.871 bits per heavy atom. The lowest BCUT2D eigenvalue weighted by Crippen LogP contribution is -2.45. The molecule has 2 saturated heterocycles. The third-order valence-corrected chi connectivity index (χ3v) is 12.3. The average molecular weight is 969 g/mol. The van der Waals surface area contributed by atoms with Crippen molar-refractivity contribution >= 4 is 45.2 Å². The van der Waals surface area contributed by atoms with E-state index in [0.29, 0.717) is 75.5 Å². The third kappa shape index (κ3) is 11.5. The van der Waals surface area contributed by atoms with Crippen LogP contribution in [0.5, 0.6) is 11.5 Å². The number of nitrogens with two attached hydrogens (primary N) is 1. The number of ether oxygens (including phenoxy) is 3. The smallest absolute Gasteiger partial charge is 0.416 e. The van der Waals surface area contributed by atoms with Crippen molar-refractivity contribution in [3.8, 4) is 22.8 Å². The molecule has 0 aliphatic carbocycles. The number of imidazole rings is 1. The quantitative estimate of drug-likeness (QED) is 0.0738. The Hall–Kier alpha value is -6.77. The van der Waals surface area contributed by atoms with E-state index in [2.05, 4.69) is 57.3 Å². The number of piperazine rings is 1. The Labute approximate surface area is 402 Å². The number of hydrogen-bond donors (Lipinski definition) is 3. The lowest BCUT2D eigenvalue weighted by atomic mass is 10.0. The van der Waals surface area contributed by atoms with E-state index in [0.717, 1.165) is 69.6 Å². The Morgan fingerprint density at radius 2 is 1.64 bits per heavy atom. The lowest BCUT2D eigenvalue weighted by Gasteiger charge is -2.33. The van der Waals surface area contributed by atoms with Crippen molar-refractivity contribution < 1.29 is 36.2 Å². The predicted octanol–water partition coefficient (Wildman–Crippen LogP) is 9.83. The molecule has 0 radical (unpaired) electrons. The maximum atomic E-state index is 14.9. The minimum atomic E-state index is -4.49. The van der Waals surface area contributed by atoms with Gasteiger partial charge in [0.15, 0.2) is 23.1 Å². The van der Waals surface area contributed by atoms with Gasteiger partial charge in [0.1, 0.15) is 40.6 Å². The zero-order valence-corrected chi connectivity index (χ0v) is 40.2. The van der Waals surface area contributed by atoms with Crippen molar-refractivity contribution in [3.63, 3.8) is 0 Å². The number of nitrogens with one attached hydrogen (secondary N) is 2. The summed E-state index contributed by atoms with van der Waals surface area (Å²) in [6.45, 7) is 18.8. The normalized spacial score (nSPS) is 16.1. The van der Waals surface area contributed by atoms with Gasteiger partial charge in [-0.15, -0.1) is 0 Å². The van der Waals surface area contributed by atoms with E-state index in [4.69, 9.17) is 19.9 Å². The van der Waals surface area contributed by atoms with Gasteiger partial charge in [-0.25, -0.2) is 38.7 Å². The van der Waals surface area contributed by atoms with Crippen molar-refractivity contribution in [3.05, 3.63) is 107 Å². The van der Waals surface area contributed by atoms with Crippen molar-refractivity contribution in [2.45, 2.75) is 78.9 Å². The first-order valence-corrected chi connectivity index (χ1v) is 23.2. The molecule has 2 atom stereocenters. The van der Waals surface area contributed by atoms with Crippen LogP contribution >= 0.6 is 0 Å². The highest BCUT2D eigenvalue weighted by Gasteiger charge is 2.32. The molecule has 0 bridgehead atoms. The van der Waals surface area contributed by atoms with E-state index < -0.39 is 29.4 Å². The highest BCUT2D eigenvalue weighted by Crippen LogP contribution is 2.38. The zero-order valence-electron chi connectivity index (χ0n) is 40.2. The summed E-state index contributed by atoms with van der Waals surface area (Å²) in [4.78, 5) is 31.1. The van der Waals surface area contributed by atoms with Gasteiger partial charge in [0.25, 0.3) is 0 Å². The molecule has 2 aliphatic rings. The molecule has 370 valence electrons. The number of nitrogens with zero attached hydrogens (tertiary/aromatic N) is 9. The first-order valence-electron chi connectivity index (χ1n) is 23.2. The summed E-state index contributed by atoms with van der Waals surface area (Å²) < 4.78 is 88.3. The van der Waals surface area contributed by atoms with Gasteiger partial charge in [-0.3, -0.25) is 4.90 Å². The monoisotopic (exact) mass is 968 g/mol. The molecule has 0 saturated carbocycles. The largest absolute Gasteiger partial charge is 0.493 e. The van der Waals surface area contributed by atoms with E-state index in [-0.39, 0.29) is 35.0 Å². The van der Waals surface area contributed by atoms with Crippen molar-refractivity contribution in [1.29, 1.82) is 0 Å². The highest BCUT2D eigenvalue weighted by atomic mass is 19.4. The average Bonchev–Trinajstić information content (AvgIpc) is 3.97. The van der Waals surface area contributed by atoms with Crippen molar-refractivity contribution in [2.75, 3.05) is 69.4 Å². The topological polar surface area (TPSA) is 167 Å². The number of benzene rings is 3. The summed E-state index contributed by atoms with van der Waals surface area (Å²) >= 11 is 0. The van der Waals surface area contributed by atoms with Gasteiger partial charge in [-0.2, -0.15) is 13.2 Å². The minimum Gasteiger partial charge on any atom is -0.493 e. The molecule has 0 spiro atoms. The van der Waals surface area contributed by atoms with Gasteiger partial charge in [0.05, 0.1) is 49.2 Å². The maximum absolute atomic E-state index is 14.9. The van der Waals surface area contributed by atoms with Crippen LogP contribution in [0.1, 0.15) is 74.5 Å². The fourth-order valence-electron chi connectivity index (χ4n) is 8.69. The summed E-state index contributed by atoms with van der Waals surface area (Å²) in [5.74, 6) is 2.29. The zero-order chi connectivity index (χ0) is 49.9. The SMILES string of the molecule is CCN1CCN(Cc2ccc(Nc3ncc(F)c(-c4cc(F)c5nc(C)n(C(C)C)c5c4)n3)nc2)CC1.COc1cc2nc(C)nc(NC(C)c3cc(N)cc(C(F)(F)F)c3)c2cc1OC1CCOC1. The van der Waals surface area contributed by atoms with Crippen LogP contribution in [0.15, 0.2) is 67.0 Å². The van der Waals surface area contributed by atoms with Crippen LogP contribution in [0.3, 0.4) is 0 Å². The molecule has 4 aromatic heterocycles. The van der Waals surface area contributed by atoms with Gasteiger partial charge in [-0.05, 0) is 94.8 Å². The second kappa shape index (κ2) is 21.1. The number of fused-ring (bicyclic) bond motifs is 2. The summed E-state index contributed by atoms with van der Waals surface area (Å²) in [5.41, 5.74) is 8.30. The molecule has 2 fully saturated rings. The molecule has 2 unspecified atom stereocenters. The summed E-state index contributed by atoms with van der Waals surface area (Å²) in [6.07, 6.45) is -0.898. The number of aryl methyl sites for hydroxylation is 2. The predicted molar refractivity (Wildman–Crippen MR) is 259 cm³/mol. The van der Waals surface area contributed by atoms with Gasteiger partial charge in [0.2, 0.25) is 5.95 Å². The molecule has 70 heavy (non-hydrogen) atoms. The van der Waals surface area contributed by atoms with Crippen LogP contribution < -0.4 is 25.8 Å². The number of hydrogen-bond acceptors (Lipinski definition) is 14. The fraction of sp³-hybridized carbons (Fsp3) is 0.400. The maximum Gasteiger partial charge on any atom is 0.416 e. The lowest BCUT2D eigenvalue weighted by molar-refractivity contribution is -0.137. The van der Waals surface area contributed by atoms with Crippen LogP contribution in [0.2, 0.25) is 0 Å². The molecule has 4 N–H and O–H groups in total. The molecule has 9 rings (SSSR count). The van der Waals surface area contributed by atoms with Gasteiger partial charge in [0, 0.05) is 74.1 Å². The molecule has 2 aliphatic heterocycles. The number of likely N-dealkylation sites (N-methyl/N-ethyl adjacent to an activating group) is 1. The Morgan fingerprint density at radius 3 is 2.31 bits per heavy atom. The summed E-state index contributed by atoms with van der Waals surface area (Å²) in [5, 5.41) is 6.91. The second-order valence-electron chi connectivity index (χ2n) is 17.7. The van der Waals surface area contributed by atoms with Gasteiger partial charge >= 0.3 is 6.18 Å². The van der Waals surface area contributed by atoms with Crippen molar-refractivity contribution in [2.24, 2.45) is 0 Å². The number of nitrogen functional groups attached to an aromatic ring is 1. The first kappa shape index (κ1) is 49.6. The van der Waals surface area contributed by atoms with E-state index in [1.54, 1.807) is 39.2 Å². The number of alkyl halides is 3. The second-order valence-corrected chi connectivity index (χ2v) is 17.7. The van der Waals surface area contributed by atoms with E-state index in [1.807, 2.05) is 43.7 Å². The van der Waals surface area contributed by atoms with Gasteiger partial charge in [-0.1, -0.05) is 13.0 Å². The van der Waals surface area contributed by atoms with E-state index >= 15 is 0 Å². The molecule has 7 aromatic rings. The van der Waals surface area contributed by atoms with Crippen LogP contribution in [-0.2, 0) is 17.5 Å². The number of halogens is 5. The molecule has 6 heterocycles. The van der Waals surface area contributed by atoms with Crippen LogP contribution in [-0.4, -0.2) is 103 Å². The molecule has 15 nitrogen and oxygen atoms in total. The third-order valence-electron chi connectivity index (χ3n) is 12.3. The molecule has 0 amide bonds. The van der Waals surface area contributed by atoms with E-state index in [1.165, 1.54) is 12.1 Å².